The summed E-state index contributed by atoms with van der Waals surface area (Å²) in [7, 11) is 0. The van der Waals surface area contributed by atoms with Gasteiger partial charge in [-0.25, -0.2) is 4.98 Å². The standard InChI is InChI=1S/C14H14BrN5O/c1-2-6-16-14-19-12-11(17-8-18-12)13(20-14)21-10-5-3-4-9(15)7-10/h3-5,7-8H,2,6H2,1H3,(H2,16,17,18,19,20). The molecular weight excluding hydrogens is 334 g/mol. The topological polar surface area (TPSA) is 75.7 Å². The maximum absolute atomic E-state index is 5.86. The molecule has 0 aliphatic heterocycles. The number of hydrogen-bond acceptors (Lipinski definition) is 5. The SMILES string of the molecule is CCCNc1nc(Oc2cccc(Br)c2)c2[nH]cnc2n1. The molecule has 0 aliphatic rings. The summed E-state index contributed by atoms with van der Waals surface area (Å²) in [4.78, 5) is 15.9. The summed E-state index contributed by atoms with van der Waals surface area (Å²) < 4.78 is 6.80. The van der Waals surface area contributed by atoms with E-state index in [0.29, 0.717) is 28.7 Å². The average Bonchev–Trinajstić information content (AvgIpc) is 2.94. The number of halogens is 1. The maximum Gasteiger partial charge on any atom is 0.250 e. The molecule has 108 valence electrons. The van der Waals surface area contributed by atoms with Gasteiger partial charge in [-0.15, -0.1) is 0 Å². The van der Waals surface area contributed by atoms with Crippen molar-refractivity contribution in [3.05, 3.63) is 35.1 Å². The van der Waals surface area contributed by atoms with Crippen molar-refractivity contribution in [2.45, 2.75) is 13.3 Å². The summed E-state index contributed by atoms with van der Waals surface area (Å²) in [6, 6.07) is 7.59. The van der Waals surface area contributed by atoms with Crippen LogP contribution in [0.5, 0.6) is 11.6 Å². The number of rotatable bonds is 5. The van der Waals surface area contributed by atoms with Crippen LogP contribution in [0.4, 0.5) is 5.95 Å². The second-order valence-corrected chi connectivity index (χ2v) is 5.36. The van der Waals surface area contributed by atoms with Crippen molar-refractivity contribution < 1.29 is 4.74 Å². The zero-order valence-corrected chi connectivity index (χ0v) is 13.0. The van der Waals surface area contributed by atoms with Crippen molar-refractivity contribution in [3.63, 3.8) is 0 Å². The molecule has 0 spiro atoms. The Kier molecular flexibility index (Phi) is 4.01. The first kappa shape index (κ1) is 13.8. The van der Waals surface area contributed by atoms with Gasteiger partial charge in [-0.05, 0) is 24.6 Å². The van der Waals surface area contributed by atoms with Gasteiger partial charge in [-0.1, -0.05) is 28.9 Å². The van der Waals surface area contributed by atoms with E-state index < -0.39 is 0 Å². The van der Waals surface area contributed by atoms with Crippen molar-refractivity contribution in [3.8, 4) is 11.6 Å². The number of imidazole rings is 1. The van der Waals surface area contributed by atoms with Crippen molar-refractivity contribution in [1.82, 2.24) is 19.9 Å². The molecule has 0 saturated heterocycles. The quantitative estimate of drug-likeness (QED) is 0.735. The lowest BCUT2D eigenvalue weighted by Crippen LogP contribution is -2.05. The highest BCUT2D eigenvalue weighted by Crippen LogP contribution is 2.28. The molecule has 0 bridgehead atoms. The molecule has 0 amide bonds. The van der Waals surface area contributed by atoms with Crippen LogP contribution >= 0.6 is 15.9 Å². The maximum atomic E-state index is 5.86. The number of benzene rings is 1. The molecule has 2 N–H and O–H groups in total. The molecule has 0 atom stereocenters. The van der Waals surface area contributed by atoms with Crippen LogP contribution in [0.1, 0.15) is 13.3 Å². The minimum Gasteiger partial charge on any atom is -0.437 e. The summed E-state index contributed by atoms with van der Waals surface area (Å²) in [6.07, 6.45) is 2.57. The van der Waals surface area contributed by atoms with Gasteiger partial charge in [0.2, 0.25) is 5.95 Å². The Bertz CT molecular complexity index is 758. The van der Waals surface area contributed by atoms with Gasteiger partial charge in [0.25, 0.3) is 5.88 Å². The van der Waals surface area contributed by atoms with E-state index in [1.807, 2.05) is 24.3 Å². The highest BCUT2D eigenvalue weighted by atomic mass is 79.9. The van der Waals surface area contributed by atoms with Crippen LogP contribution in [0, 0.1) is 0 Å². The van der Waals surface area contributed by atoms with Crippen molar-refractivity contribution in [2.24, 2.45) is 0 Å². The van der Waals surface area contributed by atoms with E-state index in [9.17, 15) is 0 Å². The predicted octanol–water partition coefficient (Wildman–Crippen LogP) is 3.73. The summed E-state index contributed by atoms with van der Waals surface area (Å²) in [5.74, 6) is 1.66. The summed E-state index contributed by atoms with van der Waals surface area (Å²) in [5, 5.41) is 3.15. The Morgan fingerprint density at radius 2 is 2.24 bits per heavy atom. The number of nitrogens with zero attached hydrogens (tertiary/aromatic N) is 3. The molecule has 7 heteroatoms. The Morgan fingerprint density at radius 3 is 3.05 bits per heavy atom. The fourth-order valence-electron chi connectivity index (χ4n) is 1.84. The normalized spacial score (nSPS) is 10.8. The highest BCUT2D eigenvalue weighted by Gasteiger charge is 2.12. The van der Waals surface area contributed by atoms with E-state index in [-0.39, 0.29) is 0 Å². The fourth-order valence-corrected chi connectivity index (χ4v) is 2.22. The van der Waals surface area contributed by atoms with Gasteiger partial charge in [-0.3, -0.25) is 0 Å². The summed E-state index contributed by atoms with van der Waals surface area (Å²) in [5.41, 5.74) is 1.26. The lowest BCUT2D eigenvalue weighted by molar-refractivity contribution is 0.467. The fraction of sp³-hybridized carbons (Fsp3) is 0.214. The first-order valence-electron chi connectivity index (χ1n) is 6.64. The molecule has 3 aromatic rings. The molecule has 21 heavy (non-hydrogen) atoms. The Balaban J connectivity index is 1.97. The van der Waals surface area contributed by atoms with E-state index in [0.717, 1.165) is 17.4 Å². The van der Waals surface area contributed by atoms with Crippen LogP contribution in [-0.2, 0) is 0 Å². The molecule has 1 aromatic carbocycles. The number of hydrogen-bond donors (Lipinski definition) is 2. The molecule has 0 unspecified atom stereocenters. The van der Waals surface area contributed by atoms with Crippen LogP contribution in [-0.4, -0.2) is 26.5 Å². The largest absolute Gasteiger partial charge is 0.437 e. The molecular formula is C14H14BrN5O. The van der Waals surface area contributed by atoms with Crippen LogP contribution < -0.4 is 10.1 Å². The van der Waals surface area contributed by atoms with E-state index in [2.05, 4.69) is 48.1 Å². The Morgan fingerprint density at radius 1 is 1.33 bits per heavy atom. The first-order valence-corrected chi connectivity index (χ1v) is 7.44. The van der Waals surface area contributed by atoms with Gasteiger partial charge in [0.1, 0.15) is 11.3 Å². The highest BCUT2D eigenvalue weighted by molar-refractivity contribution is 9.10. The Hall–Kier alpha value is -2.15. The van der Waals surface area contributed by atoms with Crippen LogP contribution in [0.25, 0.3) is 11.2 Å². The van der Waals surface area contributed by atoms with Gasteiger partial charge in [0, 0.05) is 11.0 Å². The molecule has 0 fully saturated rings. The number of nitrogens with one attached hydrogen (secondary N) is 2. The second kappa shape index (κ2) is 6.09. The third kappa shape index (κ3) is 3.13. The molecule has 2 heterocycles. The van der Waals surface area contributed by atoms with Gasteiger partial charge >= 0.3 is 0 Å². The molecule has 0 aliphatic carbocycles. The number of fused-ring (bicyclic) bond motifs is 1. The van der Waals surface area contributed by atoms with Crippen molar-refractivity contribution in [1.29, 1.82) is 0 Å². The summed E-state index contributed by atoms with van der Waals surface area (Å²) >= 11 is 3.42. The van der Waals surface area contributed by atoms with E-state index >= 15 is 0 Å². The number of aromatic amines is 1. The van der Waals surface area contributed by atoms with Crippen molar-refractivity contribution >= 4 is 33.0 Å². The van der Waals surface area contributed by atoms with Gasteiger partial charge < -0.3 is 15.0 Å². The number of anilines is 1. The molecule has 0 radical (unpaired) electrons. The minimum atomic E-state index is 0.453. The summed E-state index contributed by atoms with van der Waals surface area (Å²) in [6.45, 7) is 2.88. The number of ether oxygens (including phenoxy) is 1. The lowest BCUT2D eigenvalue weighted by Gasteiger charge is -2.08. The Labute approximate surface area is 130 Å². The number of H-pyrrole nitrogens is 1. The van der Waals surface area contributed by atoms with Gasteiger partial charge in [0.15, 0.2) is 5.65 Å². The van der Waals surface area contributed by atoms with Crippen LogP contribution in [0.15, 0.2) is 35.1 Å². The van der Waals surface area contributed by atoms with E-state index in [1.54, 1.807) is 6.33 Å². The van der Waals surface area contributed by atoms with Gasteiger partial charge in [-0.2, -0.15) is 9.97 Å². The predicted molar refractivity (Wildman–Crippen MR) is 84.7 cm³/mol. The molecule has 3 rings (SSSR count). The zero-order valence-electron chi connectivity index (χ0n) is 11.4. The number of aromatic nitrogens is 4. The molecule has 0 saturated carbocycles. The van der Waals surface area contributed by atoms with Gasteiger partial charge in [0.05, 0.1) is 6.33 Å². The monoisotopic (exact) mass is 347 g/mol. The van der Waals surface area contributed by atoms with E-state index in [4.69, 9.17) is 4.74 Å². The third-order valence-electron chi connectivity index (χ3n) is 2.80. The minimum absolute atomic E-state index is 0.453. The van der Waals surface area contributed by atoms with Crippen LogP contribution in [0.3, 0.4) is 0 Å². The average molecular weight is 348 g/mol. The molecule has 2 aromatic heterocycles. The van der Waals surface area contributed by atoms with Crippen molar-refractivity contribution in [2.75, 3.05) is 11.9 Å². The second-order valence-electron chi connectivity index (χ2n) is 4.44. The van der Waals surface area contributed by atoms with Crippen LogP contribution in [0.2, 0.25) is 0 Å². The first-order chi connectivity index (χ1) is 10.3. The zero-order chi connectivity index (χ0) is 14.7. The van der Waals surface area contributed by atoms with E-state index in [1.165, 1.54) is 0 Å². The molecule has 6 nitrogen and oxygen atoms in total. The smallest absolute Gasteiger partial charge is 0.250 e. The third-order valence-corrected chi connectivity index (χ3v) is 3.29. The lowest BCUT2D eigenvalue weighted by atomic mass is 10.3.